The smallest absolute Gasteiger partial charge is 0.0726 e. The van der Waals surface area contributed by atoms with Crippen molar-refractivity contribution in [3.05, 3.63) is 167 Å². The predicted octanol–water partition coefficient (Wildman–Crippen LogP) is 10.0. The van der Waals surface area contributed by atoms with E-state index in [1.54, 1.807) is 0 Å². The van der Waals surface area contributed by atoms with E-state index >= 15 is 0 Å². The van der Waals surface area contributed by atoms with Crippen LogP contribution in [0.5, 0.6) is 0 Å². The van der Waals surface area contributed by atoms with Gasteiger partial charge in [-0.2, -0.15) is 0 Å². The van der Waals surface area contributed by atoms with Gasteiger partial charge in [0.1, 0.15) is 0 Å². The molecule has 0 aromatic heterocycles. The number of fused-ring (bicyclic) bond motifs is 10. The van der Waals surface area contributed by atoms with Crippen LogP contribution >= 0.6 is 11.6 Å². The van der Waals surface area contributed by atoms with Gasteiger partial charge in [-0.3, -0.25) is 0 Å². The Morgan fingerprint density at radius 3 is 1.63 bits per heavy atom. The van der Waals surface area contributed by atoms with Crippen molar-refractivity contribution < 1.29 is 0 Å². The highest BCUT2D eigenvalue weighted by molar-refractivity contribution is 6.31. The molecule has 8 rings (SSSR count). The first-order chi connectivity index (χ1) is 18.8. The molecule has 0 unspecified atom stereocenters. The second kappa shape index (κ2) is 8.05. The standard InChI is InChI=1S/C37H23Cl/c38-27-21-22-31-35(23-27)37(32-14-6-4-11-29(32)30-12-5-7-15-33(30)37)34-16-8-13-28(36(31)34)26-19-17-25(18-20-26)24-9-2-1-3-10-24/h1-23H. The van der Waals surface area contributed by atoms with Crippen molar-refractivity contribution in [2.24, 2.45) is 0 Å². The van der Waals surface area contributed by atoms with Crippen LogP contribution < -0.4 is 0 Å². The van der Waals surface area contributed by atoms with Crippen LogP contribution in [0.15, 0.2) is 140 Å². The highest BCUT2D eigenvalue weighted by Gasteiger charge is 2.52. The zero-order valence-electron chi connectivity index (χ0n) is 20.7. The molecule has 2 aliphatic rings. The van der Waals surface area contributed by atoms with Gasteiger partial charge in [0.15, 0.2) is 0 Å². The van der Waals surface area contributed by atoms with Crippen molar-refractivity contribution in [3.63, 3.8) is 0 Å². The molecule has 6 aromatic carbocycles. The maximum absolute atomic E-state index is 6.71. The first-order valence-electron chi connectivity index (χ1n) is 13.1. The molecule has 2 aliphatic carbocycles. The molecule has 0 nitrogen and oxygen atoms in total. The summed E-state index contributed by atoms with van der Waals surface area (Å²) in [5.41, 5.74) is 15.0. The van der Waals surface area contributed by atoms with Gasteiger partial charge in [-0.1, -0.05) is 139 Å². The van der Waals surface area contributed by atoms with E-state index in [0.717, 1.165) is 5.02 Å². The number of rotatable bonds is 2. The summed E-state index contributed by atoms with van der Waals surface area (Å²) >= 11 is 6.71. The monoisotopic (exact) mass is 502 g/mol. The molecule has 0 amide bonds. The Morgan fingerprint density at radius 1 is 0.368 bits per heavy atom. The number of halogens is 1. The van der Waals surface area contributed by atoms with Gasteiger partial charge in [0.05, 0.1) is 5.41 Å². The Labute approximate surface area is 227 Å². The third-order valence-electron chi connectivity index (χ3n) is 8.38. The topological polar surface area (TPSA) is 0 Å². The van der Waals surface area contributed by atoms with Gasteiger partial charge in [0.2, 0.25) is 0 Å². The molecule has 0 saturated heterocycles. The van der Waals surface area contributed by atoms with E-state index in [2.05, 4.69) is 133 Å². The van der Waals surface area contributed by atoms with E-state index < -0.39 is 0 Å². The molecule has 0 N–H and O–H groups in total. The van der Waals surface area contributed by atoms with Crippen molar-refractivity contribution in [1.82, 2.24) is 0 Å². The third kappa shape index (κ3) is 2.81. The number of benzene rings is 6. The van der Waals surface area contributed by atoms with Crippen LogP contribution in [0.25, 0.3) is 44.5 Å². The fourth-order valence-electron chi connectivity index (χ4n) is 6.87. The second-order valence-corrected chi connectivity index (χ2v) is 10.6. The van der Waals surface area contributed by atoms with Crippen LogP contribution in [0, 0.1) is 0 Å². The zero-order valence-corrected chi connectivity index (χ0v) is 21.4. The minimum atomic E-state index is -0.386. The molecule has 0 radical (unpaired) electrons. The van der Waals surface area contributed by atoms with Gasteiger partial charge in [0.25, 0.3) is 0 Å². The molecule has 0 bridgehead atoms. The van der Waals surface area contributed by atoms with E-state index in [9.17, 15) is 0 Å². The summed E-state index contributed by atoms with van der Waals surface area (Å²) in [4.78, 5) is 0. The first-order valence-corrected chi connectivity index (χ1v) is 13.4. The molecule has 6 aromatic rings. The molecule has 38 heavy (non-hydrogen) atoms. The summed E-state index contributed by atoms with van der Waals surface area (Å²) in [5, 5.41) is 0.770. The molecule has 0 atom stereocenters. The van der Waals surface area contributed by atoms with Crippen LogP contribution in [-0.4, -0.2) is 0 Å². The highest BCUT2D eigenvalue weighted by atomic mass is 35.5. The van der Waals surface area contributed by atoms with Gasteiger partial charge >= 0.3 is 0 Å². The quantitative estimate of drug-likeness (QED) is 0.220. The summed E-state index contributed by atoms with van der Waals surface area (Å²) in [6.07, 6.45) is 0. The van der Waals surface area contributed by atoms with E-state index in [1.807, 2.05) is 6.07 Å². The largest absolute Gasteiger partial charge is 0.0843 e. The average molecular weight is 503 g/mol. The van der Waals surface area contributed by atoms with E-state index in [-0.39, 0.29) is 5.41 Å². The molecule has 1 spiro atoms. The van der Waals surface area contributed by atoms with Crippen molar-refractivity contribution in [2.75, 3.05) is 0 Å². The van der Waals surface area contributed by atoms with Gasteiger partial charge in [0, 0.05) is 5.02 Å². The third-order valence-corrected chi connectivity index (χ3v) is 8.61. The molecule has 0 fully saturated rings. The molecule has 1 heteroatoms. The zero-order chi connectivity index (χ0) is 25.3. The SMILES string of the molecule is Clc1ccc2c(c1)C1(c3ccccc3-c3ccccc31)c1cccc(-c3ccc(-c4ccccc4)cc3)c1-2. The lowest BCUT2D eigenvalue weighted by molar-refractivity contribution is 0.794. The fraction of sp³-hybridized carbons (Fsp3) is 0.0270. The Morgan fingerprint density at radius 2 is 0.921 bits per heavy atom. The maximum atomic E-state index is 6.71. The predicted molar refractivity (Wildman–Crippen MR) is 159 cm³/mol. The maximum Gasteiger partial charge on any atom is 0.0726 e. The Bertz CT molecular complexity index is 1820. The lowest BCUT2D eigenvalue weighted by atomic mass is 9.70. The van der Waals surface area contributed by atoms with Crippen molar-refractivity contribution in [2.45, 2.75) is 5.41 Å². The number of hydrogen-bond acceptors (Lipinski definition) is 0. The lowest BCUT2D eigenvalue weighted by Crippen LogP contribution is -2.25. The van der Waals surface area contributed by atoms with Gasteiger partial charge in [-0.05, 0) is 78.9 Å². The van der Waals surface area contributed by atoms with Crippen LogP contribution in [0.1, 0.15) is 22.3 Å². The average Bonchev–Trinajstić information content (AvgIpc) is 3.45. The molecule has 178 valence electrons. The van der Waals surface area contributed by atoms with Crippen LogP contribution in [0.2, 0.25) is 5.02 Å². The molecule has 0 heterocycles. The van der Waals surface area contributed by atoms with Gasteiger partial charge < -0.3 is 0 Å². The normalized spacial score (nSPS) is 13.6. The van der Waals surface area contributed by atoms with Crippen molar-refractivity contribution in [3.8, 4) is 44.5 Å². The first kappa shape index (κ1) is 21.7. The van der Waals surface area contributed by atoms with Crippen LogP contribution in [-0.2, 0) is 5.41 Å². The summed E-state index contributed by atoms with van der Waals surface area (Å²) < 4.78 is 0. The van der Waals surface area contributed by atoms with Crippen molar-refractivity contribution in [1.29, 1.82) is 0 Å². The van der Waals surface area contributed by atoms with E-state index in [1.165, 1.54) is 66.8 Å². The number of hydrogen-bond donors (Lipinski definition) is 0. The minimum absolute atomic E-state index is 0.386. The van der Waals surface area contributed by atoms with Gasteiger partial charge in [-0.15, -0.1) is 0 Å². The molecule has 0 saturated carbocycles. The van der Waals surface area contributed by atoms with Crippen molar-refractivity contribution >= 4 is 11.6 Å². The summed E-state index contributed by atoms with van der Waals surface area (Å²) in [6.45, 7) is 0. The Kier molecular flexibility index (Phi) is 4.59. The summed E-state index contributed by atoms with van der Waals surface area (Å²) in [7, 11) is 0. The van der Waals surface area contributed by atoms with E-state index in [4.69, 9.17) is 11.6 Å². The van der Waals surface area contributed by atoms with Crippen LogP contribution in [0.3, 0.4) is 0 Å². The highest BCUT2D eigenvalue weighted by Crippen LogP contribution is 2.64. The minimum Gasteiger partial charge on any atom is -0.0843 e. The second-order valence-electron chi connectivity index (χ2n) is 10.2. The molecular weight excluding hydrogens is 480 g/mol. The van der Waals surface area contributed by atoms with Crippen LogP contribution in [0.4, 0.5) is 0 Å². The van der Waals surface area contributed by atoms with Gasteiger partial charge in [-0.25, -0.2) is 0 Å². The summed E-state index contributed by atoms with van der Waals surface area (Å²) in [5.74, 6) is 0. The van der Waals surface area contributed by atoms with E-state index in [0.29, 0.717) is 0 Å². The molecule has 0 aliphatic heterocycles. The molecular formula is C37H23Cl. The Balaban J connectivity index is 1.42. The summed E-state index contributed by atoms with van der Waals surface area (Å²) in [6, 6.07) is 50.6. The fourth-order valence-corrected chi connectivity index (χ4v) is 7.05. The Hall–Kier alpha value is -4.39. The lowest BCUT2D eigenvalue weighted by Gasteiger charge is -2.30.